The van der Waals surface area contributed by atoms with Crippen LogP contribution in [-0.2, 0) is 33.2 Å². The summed E-state index contributed by atoms with van der Waals surface area (Å²) in [5.74, 6) is 2.85. The fraction of sp³-hybridized carbons (Fsp3) is 0.245. The highest BCUT2D eigenvalue weighted by atomic mass is 16.8. The van der Waals surface area contributed by atoms with Gasteiger partial charge in [-0.05, 0) is 92.3 Å². The predicted molar refractivity (Wildman–Crippen MR) is 219 cm³/mol. The van der Waals surface area contributed by atoms with Gasteiger partial charge in [0.05, 0.1) is 22.3 Å². The lowest BCUT2D eigenvalue weighted by atomic mass is 9.85. The van der Waals surface area contributed by atoms with E-state index in [1.54, 1.807) is 84.9 Å². The number of hydrogen-bond donors (Lipinski definition) is 0. The summed E-state index contributed by atoms with van der Waals surface area (Å²) in [7, 11) is 0. The van der Waals surface area contributed by atoms with Gasteiger partial charge in [-0.2, -0.15) is 0 Å². The van der Waals surface area contributed by atoms with Gasteiger partial charge in [0, 0.05) is 5.56 Å². The van der Waals surface area contributed by atoms with Crippen molar-refractivity contribution >= 4 is 30.0 Å². The molecule has 7 rings (SSSR count). The molecular formula is C49H42O12. The molecule has 1 saturated heterocycles. The van der Waals surface area contributed by atoms with Crippen LogP contribution in [0.2, 0.25) is 0 Å². The highest BCUT2D eigenvalue weighted by molar-refractivity contribution is 5.91. The topological polar surface area (TPSA) is 150 Å². The Labute approximate surface area is 352 Å². The molecule has 0 N–H and O–H groups in total. The second kappa shape index (κ2) is 20.2. The van der Waals surface area contributed by atoms with Crippen LogP contribution in [0, 0.1) is 11.8 Å². The molecule has 1 saturated carbocycles. The second-order valence-electron chi connectivity index (χ2n) is 14.4. The Bertz CT molecular complexity index is 2320. The van der Waals surface area contributed by atoms with Crippen molar-refractivity contribution in [1.29, 1.82) is 0 Å². The highest BCUT2D eigenvalue weighted by Gasteiger charge is 2.55. The number of rotatable bonds is 11. The summed E-state index contributed by atoms with van der Waals surface area (Å²) >= 11 is 0. The third kappa shape index (κ3) is 11.1. The van der Waals surface area contributed by atoms with E-state index in [0.717, 1.165) is 24.8 Å². The van der Waals surface area contributed by atoms with Gasteiger partial charge in [-0.15, -0.1) is 0 Å². The zero-order chi connectivity index (χ0) is 42.4. The maximum absolute atomic E-state index is 14.0. The molecule has 2 fully saturated rings. The van der Waals surface area contributed by atoms with Crippen molar-refractivity contribution in [1.82, 2.24) is 0 Å². The van der Waals surface area contributed by atoms with E-state index in [9.17, 15) is 24.0 Å². The summed E-state index contributed by atoms with van der Waals surface area (Å²) in [6.45, 7) is -0.597. The van der Waals surface area contributed by atoms with E-state index in [1.165, 1.54) is 36.4 Å². The van der Waals surface area contributed by atoms with Crippen molar-refractivity contribution in [3.8, 4) is 11.8 Å². The number of hydrogen-bond acceptors (Lipinski definition) is 12. The van der Waals surface area contributed by atoms with Gasteiger partial charge in [0.1, 0.15) is 12.7 Å². The molecule has 0 spiro atoms. The number of carbonyl (C=O) groups excluding carboxylic acids is 5. The average molecular weight is 823 g/mol. The molecule has 0 amide bonds. The van der Waals surface area contributed by atoms with Gasteiger partial charge < -0.3 is 33.2 Å². The molecule has 5 aromatic rings. The summed E-state index contributed by atoms with van der Waals surface area (Å²) in [4.78, 5) is 68.9. The molecule has 5 atom stereocenters. The first kappa shape index (κ1) is 41.9. The predicted octanol–water partition coefficient (Wildman–Crippen LogP) is 8.15. The molecule has 12 heteroatoms. The van der Waals surface area contributed by atoms with E-state index in [0.29, 0.717) is 12.8 Å². The smallest absolute Gasteiger partial charge is 0.459 e. The van der Waals surface area contributed by atoms with Gasteiger partial charge >= 0.3 is 30.0 Å². The molecule has 0 radical (unpaired) electrons. The first-order valence-electron chi connectivity index (χ1n) is 19.9. The average Bonchev–Trinajstić information content (AvgIpc) is 3.31. The fourth-order valence-corrected chi connectivity index (χ4v) is 6.98. The molecule has 61 heavy (non-hydrogen) atoms. The lowest BCUT2D eigenvalue weighted by molar-refractivity contribution is -0.287. The van der Waals surface area contributed by atoms with Gasteiger partial charge in [0.2, 0.25) is 12.4 Å². The molecular weight excluding hydrogens is 781 g/mol. The minimum atomic E-state index is -1.87. The summed E-state index contributed by atoms with van der Waals surface area (Å²) in [6.07, 6.45) is -6.46. The molecule has 0 bridgehead atoms. The van der Waals surface area contributed by atoms with Crippen molar-refractivity contribution in [2.24, 2.45) is 0 Å². The number of benzene rings is 5. The summed E-state index contributed by atoms with van der Waals surface area (Å²) < 4.78 is 42.1. The standard InChI is InChI=1S/C49H42O12/c50-43(35-21-9-2-10-22-35)55-33-39-40(57-44(51)36-23-11-3-12-24-36)41(58-45(52)37-25-13-4-14-26-37)42(59-46(53)38-27-15-5-16-28-38)47(56-39)60-48(54)61-49(30-17-6-18-31-49)32-29-34-19-7-1-8-20-34/h1-5,7-16,19-28,39-42,47H,6,17-18,30-31,33H2/t39-,40-,41+,42-,47?/m1/s1. The first-order valence-corrected chi connectivity index (χ1v) is 19.9. The number of esters is 4. The van der Waals surface area contributed by atoms with Crippen LogP contribution in [0.1, 0.15) is 79.1 Å². The van der Waals surface area contributed by atoms with Crippen LogP contribution in [0.3, 0.4) is 0 Å². The Morgan fingerprint density at radius 3 is 1.43 bits per heavy atom. The lowest BCUT2D eigenvalue weighted by Gasteiger charge is -2.44. The van der Waals surface area contributed by atoms with Crippen LogP contribution >= 0.6 is 0 Å². The Morgan fingerprint density at radius 1 is 0.508 bits per heavy atom. The van der Waals surface area contributed by atoms with E-state index >= 15 is 0 Å². The van der Waals surface area contributed by atoms with E-state index in [1.807, 2.05) is 30.3 Å². The minimum absolute atomic E-state index is 0.103. The molecule has 310 valence electrons. The zero-order valence-corrected chi connectivity index (χ0v) is 33.0. The zero-order valence-electron chi connectivity index (χ0n) is 33.0. The Morgan fingerprint density at radius 2 is 0.934 bits per heavy atom. The summed E-state index contributed by atoms with van der Waals surface area (Å²) in [6, 6.07) is 41.3. The molecule has 1 aliphatic heterocycles. The van der Waals surface area contributed by atoms with Crippen molar-refractivity contribution < 1.29 is 57.1 Å². The number of ether oxygens (including phenoxy) is 7. The maximum atomic E-state index is 14.0. The van der Waals surface area contributed by atoms with Crippen LogP contribution < -0.4 is 0 Å². The number of carbonyl (C=O) groups is 5. The van der Waals surface area contributed by atoms with E-state index in [4.69, 9.17) is 33.2 Å². The van der Waals surface area contributed by atoms with Crippen molar-refractivity contribution in [3.05, 3.63) is 179 Å². The third-order valence-electron chi connectivity index (χ3n) is 10.1. The van der Waals surface area contributed by atoms with Gasteiger partial charge in [-0.1, -0.05) is 103 Å². The van der Waals surface area contributed by atoms with Crippen molar-refractivity contribution in [2.75, 3.05) is 6.61 Å². The molecule has 5 aromatic carbocycles. The largest absolute Gasteiger partial charge is 0.512 e. The monoisotopic (exact) mass is 822 g/mol. The molecule has 1 aliphatic carbocycles. The SMILES string of the molecule is O=C(OC1O[C@H](COC(=O)c2ccccc2)[C@@H](OC(=O)c2ccccc2)[C@H](OC(=O)c2ccccc2)[C@H]1OC(=O)c1ccccc1)OC1(C#Cc2ccccc2)CCCCC1. The molecule has 1 heterocycles. The fourth-order valence-electron chi connectivity index (χ4n) is 6.98. The minimum Gasteiger partial charge on any atom is -0.459 e. The quantitative estimate of drug-likeness (QED) is 0.0719. The van der Waals surface area contributed by atoms with Crippen LogP contribution in [0.15, 0.2) is 152 Å². The lowest BCUT2D eigenvalue weighted by Crippen LogP contribution is -2.63. The van der Waals surface area contributed by atoms with Crippen molar-refractivity contribution in [2.45, 2.75) is 68.4 Å². The first-order chi connectivity index (χ1) is 29.8. The second-order valence-corrected chi connectivity index (χ2v) is 14.4. The van der Waals surface area contributed by atoms with Crippen LogP contribution in [-0.4, -0.2) is 72.9 Å². The Hall–Kier alpha value is -7.23. The highest BCUT2D eigenvalue weighted by Crippen LogP contribution is 2.35. The molecule has 12 nitrogen and oxygen atoms in total. The van der Waals surface area contributed by atoms with Gasteiger partial charge in [0.15, 0.2) is 17.8 Å². The van der Waals surface area contributed by atoms with Crippen LogP contribution in [0.4, 0.5) is 4.79 Å². The molecule has 0 aromatic heterocycles. The van der Waals surface area contributed by atoms with E-state index in [-0.39, 0.29) is 22.3 Å². The maximum Gasteiger partial charge on any atom is 0.512 e. The third-order valence-corrected chi connectivity index (χ3v) is 10.1. The molecule has 2 aliphatic rings. The Balaban J connectivity index is 1.27. The normalized spacial score (nSPS) is 20.3. The van der Waals surface area contributed by atoms with Gasteiger partial charge in [-0.25, -0.2) is 24.0 Å². The van der Waals surface area contributed by atoms with Crippen molar-refractivity contribution in [3.63, 3.8) is 0 Å². The van der Waals surface area contributed by atoms with Crippen LogP contribution in [0.25, 0.3) is 0 Å². The van der Waals surface area contributed by atoms with Gasteiger partial charge in [0.25, 0.3) is 0 Å². The van der Waals surface area contributed by atoms with E-state index < -0.39 is 72.9 Å². The summed E-state index contributed by atoms with van der Waals surface area (Å²) in [5.41, 5.74) is 0.0445. The van der Waals surface area contributed by atoms with Crippen LogP contribution in [0.5, 0.6) is 0 Å². The molecule has 1 unspecified atom stereocenters. The summed E-state index contributed by atoms with van der Waals surface area (Å²) in [5, 5.41) is 0. The Kier molecular flexibility index (Phi) is 13.8. The van der Waals surface area contributed by atoms with Gasteiger partial charge in [-0.3, -0.25) is 0 Å². The van der Waals surface area contributed by atoms with E-state index in [2.05, 4.69) is 11.8 Å².